The van der Waals surface area contributed by atoms with Crippen LogP contribution in [0.25, 0.3) is 0 Å². The van der Waals surface area contributed by atoms with Gasteiger partial charge in [-0.15, -0.1) is 0 Å². The minimum Gasteiger partial charge on any atom is -0.493 e. The Morgan fingerprint density at radius 1 is 1.00 bits per heavy atom. The first-order valence-corrected chi connectivity index (χ1v) is 10.3. The normalized spacial score (nSPS) is 10.5. The molecule has 0 bridgehead atoms. The average molecular weight is 456 g/mol. The number of methoxy groups -OCH3 is 1. The summed E-state index contributed by atoms with van der Waals surface area (Å²) < 4.78 is 16.8. The van der Waals surface area contributed by atoms with Gasteiger partial charge in [-0.2, -0.15) is 5.10 Å². The monoisotopic (exact) mass is 455 g/mol. The summed E-state index contributed by atoms with van der Waals surface area (Å²) >= 11 is 11.6. The summed E-state index contributed by atoms with van der Waals surface area (Å²) in [6.45, 7) is 0.696. The summed E-state index contributed by atoms with van der Waals surface area (Å²) in [7, 11) is 1.55. The SMILES string of the molecule is COc1cc(/C=N\NC(=S)Nc2ccccc2)cc(Cl)c1OCCOc1ccccc1. The summed E-state index contributed by atoms with van der Waals surface area (Å²) in [4.78, 5) is 0. The molecule has 6 nitrogen and oxygen atoms in total. The van der Waals surface area contributed by atoms with E-state index in [-0.39, 0.29) is 0 Å². The molecule has 0 spiro atoms. The van der Waals surface area contributed by atoms with Gasteiger partial charge < -0.3 is 19.5 Å². The zero-order valence-corrected chi connectivity index (χ0v) is 18.5. The molecule has 0 saturated heterocycles. The fraction of sp³-hybridized carbons (Fsp3) is 0.130. The van der Waals surface area contributed by atoms with Gasteiger partial charge in [0.1, 0.15) is 19.0 Å². The fourth-order valence-electron chi connectivity index (χ4n) is 2.62. The Labute approximate surface area is 191 Å². The first kappa shape index (κ1) is 22.4. The minimum atomic E-state index is 0.319. The molecule has 3 aromatic rings. The number of para-hydroxylation sites is 2. The van der Waals surface area contributed by atoms with Crippen molar-refractivity contribution >= 4 is 40.8 Å². The molecule has 31 heavy (non-hydrogen) atoms. The van der Waals surface area contributed by atoms with Crippen molar-refractivity contribution in [3.8, 4) is 17.2 Å². The highest BCUT2D eigenvalue weighted by atomic mass is 35.5. The van der Waals surface area contributed by atoms with Crippen molar-refractivity contribution in [2.24, 2.45) is 5.10 Å². The molecule has 0 fully saturated rings. The van der Waals surface area contributed by atoms with Crippen molar-refractivity contribution in [3.63, 3.8) is 0 Å². The van der Waals surface area contributed by atoms with E-state index in [1.165, 1.54) is 0 Å². The van der Waals surface area contributed by atoms with Gasteiger partial charge in [0.15, 0.2) is 16.6 Å². The van der Waals surface area contributed by atoms with Crippen LogP contribution in [0.4, 0.5) is 5.69 Å². The highest BCUT2D eigenvalue weighted by molar-refractivity contribution is 7.80. The Kier molecular flexibility index (Phi) is 8.51. The molecule has 3 rings (SSSR count). The number of hydrogen-bond donors (Lipinski definition) is 2. The van der Waals surface area contributed by atoms with Crippen LogP contribution < -0.4 is 25.0 Å². The smallest absolute Gasteiger partial charge is 0.191 e. The highest BCUT2D eigenvalue weighted by Crippen LogP contribution is 2.36. The third-order valence-electron chi connectivity index (χ3n) is 4.00. The second-order valence-electron chi connectivity index (χ2n) is 6.23. The van der Waals surface area contributed by atoms with Crippen molar-refractivity contribution in [3.05, 3.63) is 83.4 Å². The van der Waals surface area contributed by atoms with Crippen molar-refractivity contribution in [1.29, 1.82) is 0 Å². The topological polar surface area (TPSA) is 64.1 Å². The maximum absolute atomic E-state index is 6.39. The number of hydrazone groups is 1. The molecule has 3 aromatic carbocycles. The van der Waals surface area contributed by atoms with Gasteiger partial charge in [0.25, 0.3) is 0 Å². The Morgan fingerprint density at radius 2 is 1.68 bits per heavy atom. The number of benzene rings is 3. The van der Waals surface area contributed by atoms with Crippen molar-refractivity contribution in [2.45, 2.75) is 0 Å². The van der Waals surface area contributed by atoms with Gasteiger partial charge in [-0.3, -0.25) is 5.43 Å². The number of halogens is 1. The van der Waals surface area contributed by atoms with Crippen LogP contribution >= 0.6 is 23.8 Å². The number of rotatable bonds is 9. The number of thiocarbonyl (C=S) groups is 1. The standard InChI is InChI=1S/C23H22ClN3O3S/c1-28-21-15-17(16-25-27-23(31)26-18-8-4-2-5-9-18)14-20(24)22(21)30-13-12-29-19-10-6-3-7-11-19/h2-11,14-16H,12-13H2,1H3,(H2,26,27,31)/b25-16-. The predicted molar refractivity (Wildman–Crippen MR) is 129 cm³/mol. The lowest BCUT2D eigenvalue weighted by atomic mass is 10.2. The fourth-order valence-corrected chi connectivity index (χ4v) is 3.06. The Bertz CT molecular complexity index is 1020. The molecule has 0 unspecified atom stereocenters. The lowest BCUT2D eigenvalue weighted by Gasteiger charge is -2.14. The quantitative estimate of drug-likeness (QED) is 0.202. The lowest BCUT2D eigenvalue weighted by Crippen LogP contribution is -2.23. The van der Waals surface area contributed by atoms with Crippen molar-refractivity contribution in [2.75, 3.05) is 25.6 Å². The minimum absolute atomic E-state index is 0.319. The predicted octanol–water partition coefficient (Wildman–Crippen LogP) is 5.13. The van der Waals surface area contributed by atoms with E-state index in [1.54, 1.807) is 25.5 Å². The molecule has 0 saturated carbocycles. The van der Waals surface area contributed by atoms with Crippen LogP contribution in [0.3, 0.4) is 0 Å². The summed E-state index contributed by atoms with van der Waals surface area (Å²) in [6, 6.07) is 22.6. The van der Waals surface area contributed by atoms with E-state index in [1.807, 2.05) is 60.7 Å². The van der Waals surface area contributed by atoms with Gasteiger partial charge in [-0.25, -0.2) is 0 Å². The molecule has 0 aliphatic heterocycles. The zero-order valence-electron chi connectivity index (χ0n) is 16.9. The van der Waals surface area contributed by atoms with E-state index in [0.717, 1.165) is 17.0 Å². The van der Waals surface area contributed by atoms with Crippen LogP contribution in [0.15, 0.2) is 77.9 Å². The average Bonchev–Trinajstić information content (AvgIpc) is 2.79. The third kappa shape index (κ3) is 7.16. The van der Waals surface area contributed by atoms with Crippen molar-refractivity contribution < 1.29 is 14.2 Å². The molecule has 0 aliphatic rings. The summed E-state index contributed by atoms with van der Waals surface area (Å²) in [5.74, 6) is 1.73. The van der Waals surface area contributed by atoms with E-state index in [2.05, 4.69) is 15.8 Å². The van der Waals surface area contributed by atoms with Gasteiger partial charge >= 0.3 is 0 Å². The number of ether oxygens (including phenoxy) is 3. The van der Waals surface area contributed by atoms with Gasteiger partial charge in [0.2, 0.25) is 0 Å². The van der Waals surface area contributed by atoms with Crippen LogP contribution in [0.5, 0.6) is 17.2 Å². The van der Waals surface area contributed by atoms with E-state index < -0.39 is 0 Å². The molecule has 160 valence electrons. The number of anilines is 1. The molecule has 0 atom stereocenters. The highest BCUT2D eigenvalue weighted by Gasteiger charge is 2.11. The molecule has 2 N–H and O–H groups in total. The van der Waals surface area contributed by atoms with Gasteiger partial charge in [-0.05, 0) is 54.2 Å². The number of nitrogens with one attached hydrogen (secondary N) is 2. The first-order chi connectivity index (χ1) is 15.2. The van der Waals surface area contributed by atoms with E-state index in [4.69, 9.17) is 38.0 Å². The van der Waals surface area contributed by atoms with Crippen LogP contribution in [0.1, 0.15) is 5.56 Å². The summed E-state index contributed by atoms with van der Waals surface area (Å²) in [6.07, 6.45) is 1.59. The van der Waals surface area contributed by atoms with E-state index >= 15 is 0 Å². The Morgan fingerprint density at radius 3 is 2.39 bits per heavy atom. The Hall–Kier alpha value is -3.29. The van der Waals surface area contributed by atoms with Crippen LogP contribution in [-0.4, -0.2) is 31.7 Å². The molecule has 0 aromatic heterocycles. The van der Waals surface area contributed by atoms with Gasteiger partial charge in [-0.1, -0.05) is 48.0 Å². The summed E-state index contributed by atoms with van der Waals surface area (Å²) in [5, 5.41) is 7.96. The van der Waals surface area contributed by atoms with Crippen LogP contribution in [-0.2, 0) is 0 Å². The molecule has 0 heterocycles. The van der Waals surface area contributed by atoms with Crippen molar-refractivity contribution in [1.82, 2.24) is 5.43 Å². The van der Waals surface area contributed by atoms with E-state index in [0.29, 0.717) is 34.8 Å². The molecule has 8 heteroatoms. The maximum atomic E-state index is 6.39. The molecule has 0 amide bonds. The zero-order chi connectivity index (χ0) is 21.9. The molecule has 0 aliphatic carbocycles. The molecular formula is C23H22ClN3O3S. The van der Waals surface area contributed by atoms with E-state index in [9.17, 15) is 0 Å². The largest absolute Gasteiger partial charge is 0.493 e. The van der Waals surface area contributed by atoms with Gasteiger partial charge in [0.05, 0.1) is 18.3 Å². The maximum Gasteiger partial charge on any atom is 0.191 e. The summed E-state index contributed by atoms with van der Waals surface area (Å²) in [5.41, 5.74) is 4.37. The van der Waals surface area contributed by atoms with Gasteiger partial charge in [0, 0.05) is 5.69 Å². The lowest BCUT2D eigenvalue weighted by molar-refractivity contribution is 0.211. The number of nitrogens with zero attached hydrogens (tertiary/aromatic N) is 1. The third-order valence-corrected chi connectivity index (χ3v) is 4.48. The van der Waals surface area contributed by atoms with Crippen LogP contribution in [0.2, 0.25) is 5.02 Å². The number of hydrogen-bond acceptors (Lipinski definition) is 5. The Balaban J connectivity index is 1.54. The molecule has 0 radical (unpaired) electrons. The first-order valence-electron chi connectivity index (χ1n) is 9.49. The second-order valence-corrected chi connectivity index (χ2v) is 7.05. The second kappa shape index (κ2) is 11.8. The van der Waals surface area contributed by atoms with Crippen LogP contribution in [0, 0.1) is 0 Å². The molecular weight excluding hydrogens is 434 g/mol.